The van der Waals surface area contributed by atoms with Crippen LogP contribution in [0.2, 0.25) is 0 Å². The molecule has 0 aliphatic heterocycles. The van der Waals surface area contributed by atoms with Gasteiger partial charge in [-0.25, -0.2) is 0 Å². The monoisotopic (exact) mass is 452 g/mol. The average molecular weight is 453 g/mol. The Morgan fingerprint density at radius 3 is 0.971 bits per heavy atom. The molecule has 0 fully saturated rings. The summed E-state index contributed by atoms with van der Waals surface area (Å²) in [5.74, 6) is 0.737. The van der Waals surface area contributed by atoms with Crippen LogP contribution in [0.15, 0.2) is 60.7 Å². The quantitative estimate of drug-likeness (QED) is 0.239. The third kappa shape index (κ3) is 3.96. The second-order valence-electron chi connectivity index (χ2n) is 9.42. The molecule has 0 unspecified atom stereocenters. The first-order valence-electron chi connectivity index (χ1n) is 11.5. The van der Waals surface area contributed by atoms with E-state index in [4.69, 9.17) is 0 Å². The predicted molar refractivity (Wildman–Crippen MR) is 133 cm³/mol. The summed E-state index contributed by atoms with van der Waals surface area (Å²) in [7, 11) is 0. The Bertz CT molecular complexity index is 1310. The van der Waals surface area contributed by atoms with Crippen LogP contribution in [0, 0.1) is 13.8 Å². The minimum atomic E-state index is 0.181. The van der Waals surface area contributed by atoms with Crippen molar-refractivity contribution in [3.05, 3.63) is 116 Å². The molecule has 1 aliphatic rings. The van der Waals surface area contributed by atoms with Gasteiger partial charge in [0.2, 0.25) is 0 Å². The van der Waals surface area contributed by atoms with E-state index in [0.29, 0.717) is 47.9 Å². The molecule has 4 heteroatoms. The second kappa shape index (κ2) is 8.45. The van der Waals surface area contributed by atoms with Crippen molar-refractivity contribution in [1.82, 2.24) is 0 Å². The van der Waals surface area contributed by atoms with Crippen LogP contribution in [0.25, 0.3) is 0 Å². The lowest BCUT2D eigenvalue weighted by Gasteiger charge is -2.18. The van der Waals surface area contributed by atoms with Gasteiger partial charge in [-0.05, 0) is 58.4 Å². The highest BCUT2D eigenvalue weighted by Gasteiger charge is 2.19. The van der Waals surface area contributed by atoms with Crippen molar-refractivity contribution < 1.29 is 20.4 Å². The molecule has 4 N–H and O–H groups in total. The molecule has 172 valence electrons. The fraction of sp³-hybridized carbons (Fsp3) is 0.200. The number of phenols is 4. The molecule has 0 aromatic heterocycles. The average Bonchev–Trinajstić information content (AvgIpc) is 2.79. The molecule has 4 aromatic carbocycles. The van der Waals surface area contributed by atoms with Crippen molar-refractivity contribution in [2.45, 2.75) is 39.5 Å². The highest BCUT2D eigenvalue weighted by molar-refractivity contribution is 5.56. The Balaban J connectivity index is 1.75. The molecule has 0 saturated carbocycles. The van der Waals surface area contributed by atoms with Crippen molar-refractivity contribution in [2.24, 2.45) is 0 Å². The van der Waals surface area contributed by atoms with Gasteiger partial charge in [0.05, 0.1) is 0 Å². The molecule has 4 aromatic rings. The van der Waals surface area contributed by atoms with E-state index in [9.17, 15) is 20.4 Å². The zero-order chi connectivity index (χ0) is 24.0. The van der Waals surface area contributed by atoms with Gasteiger partial charge in [-0.2, -0.15) is 0 Å². The zero-order valence-corrected chi connectivity index (χ0v) is 19.4. The van der Waals surface area contributed by atoms with Gasteiger partial charge in [0.15, 0.2) is 0 Å². The number of aromatic hydroxyl groups is 4. The molecule has 0 amide bonds. The second-order valence-corrected chi connectivity index (χ2v) is 9.42. The van der Waals surface area contributed by atoms with E-state index in [1.807, 2.05) is 74.5 Å². The maximum absolute atomic E-state index is 11.1. The lowest BCUT2D eigenvalue weighted by atomic mass is 9.90. The van der Waals surface area contributed by atoms with Crippen LogP contribution in [0.5, 0.6) is 23.0 Å². The van der Waals surface area contributed by atoms with Crippen LogP contribution >= 0.6 is 0 Å². The molecule has 34 heavy (non-hydrogen) atoms. The smallest absolute Gasteiger partial charge is 0.122 e. The lowest BCUT2D eigenvalue weighted by Crippen LogP contribution is -2.01. The Labute approximate surface area is 199 Å². The summed E-state index contributed by atoms with van der Waals surface area (Å²) in [5.41, 5.74) is 7.79. The number of hydrogen-bond donors (Lipinski definition) is 4. The maximum Gasteiger partial charge on any atom is 0.122 e. The SMILES string of the molecule is Cc1cc2c(O)c(c1)Cc1cc(C)cc(c1O)Cc1cccc(c1O)Cc1cccc(c1O)C2. The fourth-order valence-electron chi connectivity index (χ4n) is 5.09. The van der Waals surface area contributed by atoms with Gasteiger partial charge in [-0.15, -0.1) is 0 Å². The van der Waals surface area contributed by atoms with Crippen LogP contribution in [0.1, 0.15) is 55.6 Å². The topological polar surface area (TPSA) is 80.9 Å². The maximum atomic E-state index is 11.1. The van der Waals surface area contributed by atoms with Crippen molar-refractivity contribution in [1.29, 1.82) is 0 Å². The van der Waals surface area contributed by atoms with E-state index in [2.05, 4.69) is 0 Å². The number of hydrogen-bond acceptors (Lipinski definition) is 4. The summed E-state index contributed by atoms with van der Waals surface area (Å²) in [4.78, 5) is 0. The van der Waals surface area contributed by atoms with Crippen molar-refractivity contribution >= 4 is 0 Å². The normalized spacial score (nSPS) is 13.0. The summed E-state index contributed by atoms with van der Waals surface area (Å²) in [6, 6.07) is 19.0. The summed E-state index contributed by atoms with van der Waals surface area (Å²) < 4.78 is 0. The Kier molecular flexibility index (Phi) is 5.45. The fourth-order valence-corrected chi connectivity index (χ4v) is 5.09. The molecule has 0 saturated heterocycles. The summed E-state index contributed by atoms with van der Waals surface area (Å²) in [5, 5.41) is 44.4. The van der Waals surface area contributed by atoms with Gasteiger partial charge < -0.3 is 20.4 Å². The van der Waals surface area contributed by atoms with Crippen LogP contribution in [0.4, 0.5) is 0 Å². The Morgan fingerprint density at radius 1 is 0.412 bits per heavy atom. The van der Waals surface area contributed by atoms with Crippen molar-refractivity contribution in [3.8, 4) is 23.0 Å². The number of fused-ring (bicyclic) bond motifs is 8. The standard InChI is InChI=1S/C30H28O4/c1-17-9-23-14-21-7-3-5-19(27(21)31)13-20-6-4-8-22(28(20)32)15-24-10-18(2)12-26(30(24)34)16-25(11-17)29(23)33/h3-12,31-34H,13-16H2,1-2H3. The van der Waals surface area contributed by atoms with Gasteiger partial charge >= 0.3 is 0 Å². The lowest BCUT2D eigenvalue weighted by molar-refractivity contribution is 0.450. The van der Waals surface area contributed by atoms with Gasteiger partial charge in [-0.3, -0.25) is 0 Å². The molecule has 0 heterocycles. The Morgan fingerprint density at radius 2 is 0.647 bits per heavy atom. The number of rotatable bonds is 0. The van der Waals surface area contributed by atoms with Crippen LogP contribution < -0.4 is 0 Å². The summed E-state index contributed by atoms with van der Waals surface area (Å²) >= 11 is 0. The van der Waals surface area contributed by atoms with Gasteiger partial charge in [-0.1, -0.05) is 71.8 Å². The van der Waals surface area contributed by atoms with Crippen LogP contribution in [0.3, 0.4) is 0 Å². The van der Waals surface area contributed by atoms with Crippen molar-refractivity contribution in [2.75, 3.05) is 0 Å². The first kappa shape index (κ1) is 21.9. The first-order chi connectivity index (χ1) is 16.3. The van der Waals surface area contributed by atoms with Crippen LogP contribution in [-0.2, 0) is 25.7 Å². The largest absolute Gasteiger partial charge is 0.507 e. The third-order valence-electron chi connectivity index (χ3n) is 6.75. The zero-order valence-electron chi connectivity index (χ0n) is 19.4. The van der Waals surface area contributed by atoms with Gasteiger partial charge in [0.1, 0.15) is 23.0 Å². The minimum Gasteiger partial charge on any atom is -0.507 e. The number of benzene rings is 4. The van der Waals surface area contributed by atoms with Gasteiger partial charge in [0.25, 0.3) is 0 Å². The molecule has 0 atom stereocenters. The molecule has 0 radical (unpaired) electrons. The molecular weight excluding hydrogens is 424 g/mol. The molecular formula is C30H28O4. The summed E-state index contributed by atoms with van der Waals surface area (Å²) in [6.45, 7) is 3.97. The molecule has 1 aliphatic carbocycles. The number of aryl methyl sites for hydroxylation is 2. The van der Waals surface area contributed by atoms with E-state index in [1.54, 1.807) is 0 Å². The van der Waals surface area contributed by atoms with E-state index in [1.165, 1.54) is 0 Å². The molecule has 0 spiro atoms. The molecule has 8 bridgehead atoms. The molecule has 5 rings (SSSR count). The van der Waals surface area contributed by atoms with Crippen LogP contribution in [-0.4, -0.2) is 20.4 Å². The predicted octanol–water partition coefficient (Wildman–Crippen LogP) is 5.80. The van der Waals surface area contributed by atoms with Crippen molar-refractivity contribution in [3.63, 3.8) is 0 Å². The van der Waals surface area contributed by atoms with E-state index >= 15 is 0 Å². The number of para-hydroxylation sites is 2. The highest BCUT2D eigenvalue weighted by atomic mass is 16.3. The Hall–Kier alpha value is -3.92. The van der Waals surface area contributed by atoms with E-state index < -0.39 is 0 Å². The summed E-state index contributed by atoms with van der Waals surface area (Å²) in [6.07, 6.45) is 1.49. The molecule has 4 nitrogen and oxygen atoms in total. The van der Waals surface area contributed by atoms with Gasteiger partial charge in [0, 0.05) is 25.7 Å². The number of phenolic OH excluding ortho intramolecular Hbond substituents is 4. The highest BCUT2D eigenvalue weighted by Crippen LogP contribution is 2.37. The first-order valence-corrected chi connectivity index (χ1v) is 11.5. The minimum absolute atomic E-state index is 0.181. The van der Waals surface area contributed by atoms with E-state index in [-0.39, 0.29) is 23.0 Å². The van der Waals surface area contributed by atoms with E-state index in [0.717, 1.165) is 33.4 Å². The third-order valence-corrected chi connectivity index (χ3v) is 6.75.